The third-order valence-electron chi connectivity index (χ3n) is 6.17. The average molecular weight is 405 g/mol. The van der Waals surface area contributed by atoms with Crippen LogP contribution >= 0.6 is 0 Å². The molecule has 1 saturated carbocycles. The van der Waals surface area contributed by atoms with Crippen LogP contribution in [0.4, 0.5) is 4.39 Å². The maximum absolute atomic E-state index is 14.0. The normalized spacial score (nSPS) is 21.2. The van der Waals surface area contributed by atoms with E-state index >= 15 is 0 Å². The van der Waals surface area contributed by atoms with Crippen LogP contribution in [0.15, 0.2) is 24.3 Å². The highest BCUT2D eigenvalue weighted by Gasteiger charge is 2.57. The molecule has 0 aromatic heterocycles. The maximum Gasteiger partial charge on any atom is 0.238 e. The van der Waals surface area contributed by atoms with Crippen molar-refractivity contribution in [2.24, 2.45) is 17.1 Å². The zero-order chi connectivity index (χ0) is 21.0. The third kappa shape index (κ3) is 5.34. The number of piperidine rings is 1. The van der Waals surface area contributed by atoms with Gasteiger partial charge in [-0.15, -0.1) is 0 Å². The number of primary amides is 1. The minimum atomic E-state index is -0.978. The lowest BCUT2D eigenvalue weighted by Crippen LogP contribution is -2.49. The first kappa shape index (κ1) is 21.7. The van der Waals surface area contributed by atoms with Crippen molar-refractivity contribution in [2.75, 3.05) is 46.8 Å². The second-order valence-corrected chi connectivity index (χ2v) is 8.84. The molecule has 2 fully saturated rings. The van der Waals surface area contributed by atoms with Crippen molar-refractivity contribution in [2.45, 2.75) is 32.2 Å². The SMILES string of the molecule is CN(C)CCN(C[C@@H]1CCCN(Cc2ccccc2F)C1)C(=O)C1(C(N)=O)CC1. The second kappa shape index (κ2) is 9.22. The Morgan fingerprint density at radius 2 is 1.97 bits per heavy atom. The van der Waals surface area contributed by atoms with E-state index in [1.165, 1.54) is 6.07 Å². The number of amides is 2. The fourth-order valence-corrected chi connectivity index (χ4v) is 4.21. The van der Waals surface area contributed by atoms with Crippen molar-refractivity contribution in [3.05, 3.63) is 35.6 Å². The highest BCUT2D eigenvalue weighted by Crippen LogP contribution is 2.47. The number of benzene rings is 1. The molecule has 29 heavy (non-hydrogen) atoms. The van der Waals surface area contributed by atoms with Crippen molar-refractivity contribution in [3.63, 3.8) is 0 Å². The topological polar surface area (TPSA) is 69.9 Å². The van der Waals surface area contributed by atoms with E-state index in [4.69, 9.17) is 5.73 Å². The van der Waals surface area contributed by atoms with Crippen LogP contribution in [0, 0.1) is 17.2 Å². The molecule has 1 aliphatic carbocycles. The quantitative estimate of drug-likeness (QED) is 0.636. The van der Waals surface area contributed by atoms with Crippen LogP contribution in [-0.4, -0.2) is 73.3 Å². The number of carbonyl (C=O) groups is 2. The number of likely N-dealkylation sites (tertiary alicyclic amines) is 1. The van der Waals surface area contributed by atoms with E-state index in [2.05, 4.69) is 4.90 Å². The van der Waals surface area contributed by atoms with E-state index in [1.807, 2.05) is 36.0 Å². The van der Waals surface area contributed by atoms with Gasteiger partial charge in [0.25, 0.3) is 0 Å². The molecular weight excluding hydrogens is 371 g/mol. The van der Waals surface area contributed by atoms with Gasteiger partial charge >= 0.3 is 0 Å². The smallest absolute Gasteiger partial charge is 0.238 e. The van der Waals surface area contributed by atoms with Crippen molar-refractivity contribution in [3.8, 4) is 0 Å². The molecule has 0 bridgehead atoms. The summed E-state index contributed by atoms with van der Waals surface area (Å²) in [6, 6.07) is 6.89. The van der Waals surface area contributed by atoms with E-state index in [0.29, 0.717) is 44.0 Å². The standard InChI is InChI=1S/C22H33FN4O2/c1-25(2)12-13-27(21(29)22(9-10-22)20(24)28)15-17-6-5-11-26(14-17)16-18-7-3-4-8-19(18)23/h3-4,7-8,17H,5-6,9-16H2,1-2H3,(H2,24,28)/t17-/m1/s1. The minimum Gasteiger partial charge on any atom is -0.369 e. The second-order valence-electron chi connectivity index (χ2n) is 8.84. The number of carbonyl (C=O) groups excluding carboxylic acids is 2. The highest BCUT2D eigenvalue weighted by molar-refractivity contribution is 6.07. The lowest BCUT2D eigenvalue weighted by atomic mass is 9.95. The molecule has 7 heteroatoms. The third-order valence-corrected chi connectivity index (χ3v) is 6.17. The monoisotopic (exact) mass is 404 g/mol. The van der Waals surface area contributed by atoms with Crippen LogP contribution in [-0.2, 0) is 16.1 Å². The first-order chi connectivity index (χ1) is 13.8. The van der Waals surface area contributed by atoms with Crippen LogP contribution in [0.3, 0.4) is 0 Å². The Balaban J connectivity index is 1.64. The molecule has 1 saturated heterocycles. The Morgan fingerprint density at radius 3 is 2.59 bits per heavy atom. The van der Waals surface area contributed by atoms with Gasteiger partial charge < -0.3 is 15.5 Å². The molecule has 1 aromatic rings. The van der Waals surface area contributed by atoms with Gasteiger partial charge in [-0.1, -0.05) is 18.2 Å². The molecule has 6 nitrogen and oxygen atoms in total. The summed E-state index contributed by atoms with van der Waals surface area (Å²) >= 11 is 0. The molecule has 0 unspecified atom stereocenters. The van der Waals surface area contributed by atoms with Gasteiger partial charge in [0.2, 0.25) is 11.8 Å². The Kier molecular flexibility index (Phi) is 6.90. The van der Waals surface area contributed by atoms with Crippen LogP contribution in [0.25, 0.3) is 0 Å². The Bertz CT molecular complexity index is 735. The molecule has 1 heterocycles. The van der Waals surface area contributed by atoms with Gasteiger partial charge in [0.15, 0.2) is 0 Å². The maximum atomic E-state index is 14.0. The van der Waals surface area contributed by atoms with Crippen LogP contribution in [0.5, 0.6) is 0 Å². The number of likely N-dealkylation sites (N-methyl/N-ethyl adjacent to an activating group) is 1. The van der Waals surface area contributed by atoms with Gasteiger partial charge in [-0.3, -0.25) is 14.5 Å². The first-order valence-electron chi connectivity index (χ1n) is 10.5. The molecule has 0 radical (unpaired) electrons. The molecule has 1 aromatic carbocycles. The summed E-state index contributed by atoms with van der Waals surface area (Å²) in [5.41, 5.74) is 5.27. The van der Waals surface area contributed by atoms with E-state index in [0.717, 1.165) is 32.5 Å². The number of nitrogens with two attached hydrogens (primary N) is 1. The first-order valence-corrected chi connectivity index (χ1v) is 10.5. The fraction of sp³-hybridized carbons (Fsp3) is 0.636. The largest absolute Gasteiger partial charge is 0.369 e. The summed E-state index contributed by atoms with van der Waals surface area (Å²) in [5, 5.41) is 0. The molecule has 2 amide bonds. The molecule has 1 aliphatic heterocycles. The number of rotatable bonds is 9. The van der Waals surface area contributed by atoms with Gasteiger partial charge in [0.05, 0.1) is 0 Å². The highest BCUT2D eigenvalue weighted by atomic mass is 19.1. The van der Waals surface area contributed by atoms with Crippen molar-refractivity contribution < 1.29 is 14.0 Å². The van der Waals surface area contributed by atoms with Gasteiger partial charge in [-0.05, 0) is 58.3 Å². The predicted octanol–water partition coefficient (Wildman–Crippen LogP) is 1.69. The number of hydrogen-bond acceptors (Lipinski definition) is 4. The lowest BCUT2D eigenvalue weighted by molar-refractivity contribution is -0.143. The molecule has 3 rings (SSSR count). The summed E-state index contributed by atoms with van der Waals surface area (Å²) in [4.78, 5) is 31.1. The van der Waals surface area contributed by atoms with Gasteiger partial charge in [0, 0.05) is 38.3 Å². The van der Waals surface area contributed by atoms with E-state index in [9.17, 15) is 14.0 Å². The molecule has 2 aliphatic rings. The Morgan fingerprint density at radius 1 is 1.24 bits per heavy atom. The summed E-state index contributed by atoms with van der Waals surface area (Å²) < 4.78 is 14.0. The van der Waals surface area contributed by atoms with Crippen molar-refractivity contribution in [1.82, 2.24) is 14.7 Å². The van der Waals surface area contributed by atoms with Crippen molar-refractivity contribution >= 4 is 11.8 Å². The molecule has 1 atom stereocenters. The number of hydrogen-bond donors (Lipinski definition) is 1. The molecule has 160 valence electrons. The van der Waals surface area contributed by atoms with Gasteiger partial charge in [-0.25, -0.2) is 4.39 Å². The molecule has 0 spiro atoms. The Hall–Kier alpha value is -1.99. The van der Waals surface area contributed by atoms with Crippen molar-refractivity contribution in [1.29, 1.82) is 0 Å². The van der Waals surface area contributed by atoms with Gasteiger partial charge in [-0.2, -0.15) is 0 Å². The Labute approximate surface area is 172 Å². The van der Waals surface area contributed by atoms with Crippen LogP contribution in [0.2, 0.25) is 0 Å². The van der Waals surface area contributed by atoms with Gasteiger partial charge in [0.1, 0.15) is 11.2 Å². The number of nitrogens with zero attached hydrogens (tertiary/aromatic N) is 3. The van der Waals surface area contributed by atoms with E-state index in [-0.39, 0.29) is 11.7 Å². The van der Waals surface area contributed by atoms with E-state index in [1.54, 1.807) is 6.07 Å². The lowest BCUT2D eigenvalue weighted by Gasteiger charge is -2.37. The fourth-order valence-electron chi connectivity index (χ4n) is 4.21. The summed E-state index contributed by atoms with van der Waals surface area (Å²) in [6.07, 6.45) is 3.17. The van der Waals surface area contributed by atoms with Crippen LogP contribution in [0.1, 0.15) is 31.2 Å². The average Bonchev–Trinajstić information content (AvgIpc) is 3.49. The molecular formula is C22H33FN4O2. The van der Waals surface area contributed by atoms with Crippen LogP contribution < -0.4 is 5.73 Å². The zero-order valence-corrected chi connectivity index (χ0v) is 17.6. The summed E-state index contributed by atoms with van der Waals surface area (Å²) in [7, 11) is 3.95. The molecule has 2 N–H and O–H groups in total. The summed E-state index contributed by atoms with van der Waals surface area (Å²) in [6.45, 7) is 4.29. The zero-order valence-electron chi connectivity index (χ0n) is 17.6. The number of halogens is 1. The predicted molar refractivity (Wildman–Crippen MR) is 110 cm³/mol. The summed E-state index contributed by atoms with van der Waals surface area (Å²) in [5.74, 6) is -0.472. The minimum absolute atomic E-state index is 0.113. The van der Waals surface area contributed by atoms with E-state index < -0.39 is 11.3 Å².